The minimum Gasteiger partial charge on any atom is -0.508 e. The van der Waals surface area contributed by atoms with Crippen molar-refractivity contribution in [3.8, 4) is 5.75 Å². The Morgan fingerprint density at radius 1 is 0.413 bits per heavy atom. The third kappa shape index (κ3) is 41.0. The first-order chi connectivity index (χ1) is 57.1. The molecule has 0 bridgehead atoms. The molecule has 0 aliphatic carbocycles. The van der Waals surface area contributed by atoms with Crippen molar-refractivity contribution in [3.05, 3.63) is 65.7 Å². The van der Waals surface area contributed by atoms with E-state index in [1.807, 2.05) is 19.2 Å². The van der Waals surface area contributed by atoms with Gasteiger partial charge in [0.25, 0.3) is 0 Å². The first-order valence-corrected chi connectivity index (χ1v) is 41.8. The zero-order chi connectivity index (χ0) is 91.2. The second-order valence-corrected chi connectivity index (χ2v) is 30.8. The summed E-state index contributed by atoms with van der Waals surface area (Å²) in [5.74, 6) is -22.4. The number of benzene rings is 2. The predicted octanol–water partition coefficient (Wildman–Crippen LogP) is -5.79. The van der Waals surface area contributed by atoms with E-state index in [2.05, 4.69) is 69.1 Å². The van der Waals surface area contributed by atoms with Crippen LogP contribution in [0.4, 0.5) is 0 Å². The number of thioether (sulfide) groups is 2. The van der Waals surface area contributed by atoms with E-state index in [1.54, 1.807) is 56.7 Å². The SMILES string of the molecule is CC[C@H](C)[C@H](NC(=O)CNC(=O)[C@H](CCC(=O)O)NC(=O)[C@@H](N)CC(C)C)C(=O)N[C@@H](Cc1ccccc1)C(=O)N[C@@H](CCC(=O)O)C(=O)N[C@@H](C)C(=O)N[C@@H](CCSC)C(=O)N[C@@H](CCCCN)C(=O)N[C@@H](CCSC)C(=O)N[C@@H](CCC(=O)O)C(=O)N[C@@H](Cc1ccc(O)cc1)C(=O)N[C@@H](CO)C(=O)N[C@@H](CC(N)=O)C(=O)N[C@@H](CO)C(=O)O. The van der Waals surface area contributed by atoms with Crippen LogP contribution in [0.25, 0.3) is 0 Å². The van der Waals surface area contributed by atoms with Crippen LogP contribution in [-0.4, -0.2) is 283 Å². The summed E-state index contributed by atoms with van der Waals surface area (Å²) >= 11 is 2.47. The summed E-state index contributed by atoms with van der Waals surface area (Å²) < 4.78 is 0. The van der Waals surface area contributed by atoms with Crippen LogP contribution >= 0.6 is 23.5 Å². The third-order valence-corrected chi connectivity index (χ3v) is 19.8. The van der Waals surface area contributed by atoms with Crippen molar-refractivity contribution < 1.29 is 127 Å². The lowest BCUT2D eigenvalue weighted by Crippen LogP contribution is -2.61. The van der Waals surface area contributed by atoms with Gasteiger partial charge in [0.15, 0.2) is 0 Å². The second kappa shape index (κ2) is 56.3. The number of nitrogens with two attached hydrogens (primary N) is 3. The van der Waals surface area contributed by atoms with Crippen molar-refractivity contribution in [1.82, 2.24) is 74.4 Å². The third-order valence-electron chi connectivity index (χ3n) is 18.5. The number of carbonyl (C=O) groups excluding carboxylic acids is 15. The van der Waals surface area contributed by atoms with E-state index in [4.69, 9.17) is 17.2 Å². The van der Waals surface area contributed by atoms with Gasteiger partial charge in [0.1, 0.15) is 84.3 Å². The lowest BCUT2D eigenvalue weighted by atomic mass is 9.97. The summed E-state index contributed by atoms with van der Waals surface area (Å²) in [6, 6.07) is -9.51. The largest absolute Gasteiger partial charge is 0.508 e. The molecule has 15 amide bonds. The van der Waals surface area contributed by atoms with Gasteiger partial charge in [-0.3, -0.25) is 86.3 Å². The Hall–Kier alpha value is -11.3. The van der Waals surface area contributed by atoms with E-state index in [-0.39, 0.29) is 86.6 Å². The molecule has 674 valence electrons. The van der Waals surface area contributed by atoms with Gasteiger partial charge < -0.3 is 127 Å². The minimum atomic E-state index is -2.00. The molecule has 0 radical (unpaired) electrons. The van der Waals surface area contributed by atoms with E-state index in [0.29, 0.717) is 12.0 Å². The Morgan fingerprint density at radius 3 is 1.21 bits per heavy atom. The molecule has 0 fully saturated rings. The van der Waals surface area contributed by atoms with Gasteiger partial charge in [-0.1, -0.05) is 76.6 Å². The molecule has 121 heavy (non-hydrogen) atoms. The number of carbonyl (C=O) groups is 19. The minimum absolute atomic E-state index is 0.00675. The zero-order valence-corrected chi connectivity index (χ0v) is 70.1. The molecule has 15 atom stereocenters. The van der Waals surface area contributed by atoms with Gasteiger partial charge in [0.2, 0.25) is 88.6 Å². The van der Waals surface area contributed by atoms with Gasteiger partial charge in [-0.05, 0) is 130 Å². The highest BCUT2D eigenvalue weighted by atomic mass is 32.2. The smallest absolute Gasteiger partial charge is 0.328 e. The average Bonchev–Trinajstić information content (AvgIpc) is 0.849. The Kier molecular flexibility index (Phi) is 49.2. The van der Waals surface area contributed by atoms with Crippen molar-refractivity contribution >= 4 is 136 Å². The van der Waals surface area contributed by atoms with Crippen molar-refractivity contribution in [1.29, 1.82) is 0 Å². The van der Waals surface area contributed by atoms with E-state index < -0.39 is 268 Å². The molecule has 0 aliphatic rings. The van der Waals surface area contributed by atoms with Gasteiger partial charge in [0.05, 0.1) is 32.2 Å². The Bertz CT molecular complexity index is 3830. The molecule has 0 heterocycles. The summed E-state index contributed by atoms with van der Waals surface area (Å²) in [4.78, 5) is 255. The number of phenols is 1. The molecule has 0 saturated heterocycles. The Labute approximate surface area is 706 Å². The molecule has 0 aliphatic heterocycles. The maximum Gasteiger partial charge on any atom is 0.328 e. The van der Waals surface area contributed by atoms with Crippen molar-refractivity contribution in [2.24, 2.45) is 29.0 Å². The highest BCUT2D eigenvalue weighted by Crippen LogP contribution is 2.17. The molecule has 0 unspecified atom stereocenters. The molecule has 0 spiro atoms. The molecule has 2 rings (SSSR count). The van der Waals surface area contributed by atoms with Crippen LogP contribution in [0, 0.1) is 11.8 Å². The number of nitrogens with one attached hydrogen (secondary N) is 14. The van der Waals surface area contributed by atoms with Gasteiger partial charge in [-0.15, -0.1) is 0 Å². The fourth-order valence-electron chi connectivity index (χ4n) is 11.5. The summed E-state index contributed by atoms with van der Waals surface area (Å²) in [6.07, 6.45) is -1.44. The molecular formula is C76H117N17O26S2. The number of hydrogen-bond acceptors (Lipinski definition) is 26. The molecule has 43 nitrogen and oxygen atoms in total. The number of amides is 15. The van der Waals surface area contributed by atoms with Crippen LogP contribution in [0.5, 0.6) is 5.75 Å². The van der Waals surface area contributed by atoms with Crippen molar-refractivity contribution in [2.45, 2.75) is 222 Å². The van der Waals surface area contributed by atoms with Crippen LogP contribution in [0.1, 0.15) is 136 Å². The van der Waals surface area contributed by atoms with Gasteiger partial charge in [-0.2, -0.15) is 23.5 Å². The number of carboxylic acids is 4. The lowest BCUT2D eigenvalue weighted by Gasteiger charge is -2.28. The molecule has 27 N–H and O–H groups in total. The number of unbranched alkanes of at least 4 members (excludes halogenated alkanes) is 1. The normalized spacial score (nSPS) is 14.8. The van der Waals surface area contributed by atoms with E-state index in [1.165, 1.54) is 54.7 Å². The lowest BCUT2D eigenvalue weighted by molar-refractivity contribution is -0.143. The Balaban J connectivity index is 2.51. The summed E-state index contributed by atoms with van der Waals surface area (Å²) in [5, 5.41) is 102. The highest BCUT2D eigenvalue weighted by molar-refractivity contribution is 7.98. The quantitative estimate of drug-likeness (QED) is 0.0274. The first-order valence-electron chi connectivity index (χ1n) is 39.0. The monoisotopic (exact) mass is 1750 g/mol. The Morgan fingerprint density at radius 2 is 0.785 bits per heavy atom. The van der Waals surface area contributed by atoms with E-state index >= 15 is 0 Å². The number of aliphatic hydroxyl groups excluding tert-OH is 2. The summed E-state index contributed by atoms with van der Waals surface area (Å²) in [6.45, 7) is 5.13. The number of aromatic hydroxyl groups is 1. The standard InChI is InChI=1S/C76H117N17O26S2/c1-8-40(4)62(93-58(98)36-80-65(107)47(21-24-59(99)100)83-64(106)45(78)32-39(2)3)75(117)90-53(33-42-14-10-9-11-15-42)71(113)86-48(22-25-60(101)102)66(108)81-41(5)63(105)82-50(27-30-120-6)69(111)84-46(16-12-13-29-77)67(109)87-51(28-31-121-7)70(112)85-49(23-26-61(103)104)68(110)88-52(34-43-17-19-44(96)20-18-43)72(114)91-55(37-94)74(116)89-54(35-57(79)97)73(115)92-56(38-95)76(118)119/h9-11,14-15,17-20,39-41,45-56,62,94-96H,8,12-13,16,21-38,77-78H2,1-7H3,(H2,79,97)(H,80,107)(H,81,108)(H,82,105)(H,83,106)(H,84,111)(H,85,112)(H,86,113)(H,87,109)(H,88,110)(H,89,116)(H,90,117)(H,91,114)(H,92,115)(H,93,98)(H,99,100)(H,101,102)(H,103,104)(H,118,119)/t40-,41-,45-,46-,47-,48-,49-,50-,51-,52-,53-,54-,55-,56-,62-/m0/s1. The number of hydrogen-bond donors (Lipinski definition) is 24. The number of carboxylic acid groups (broad SMARTS) is 4. The molecule has 2 aromatic carbocycles. The summed E-state index contributed by atoms with van der Waals surface area (Å²) in [7, 11) is 0. The van der Waals surface area contributed by atoms with Crippen LogP contribution < -0.4 is 91.6 Å². The first kappa shape index (κ1) is 106. The number of aliphatic hydroxyl groups is 2. The highest BCUT2D eigenvalue weighted by Gasteiger charge is 2.39. The van der Waals surface area contributed by atoms with E-state index in [0.717, 1.165) is 0 Å². The van der Waals surface area contributed by atoms with Gasteiger partial charge in [-0.25, -0.2) is 4.79 Å². The predicted molar refractivity (Wildman–Crippen MR) is 438 cm³/mol. The van der Waals surface area contributed by atoms with Gasteiger partial charge in [0, 0.05) is 32.1 Å². The fraction of sp³-hybridized carbons (Fsp3) is 0.592. The average molecular weight is 1750 g/mol. The molecule has 2 aromatic rings. The molecule has 0 saturated carbocycles. The van der Waals surface area contributed by atoms with Crippen LogP contribution in [0.3, 0.4) is 0 Å². The number of rotatable bonds is 60. The van der Waals surface area contributed by atoms with Crippen LogP contribution in [0.2, 0.25) is 0 Å². The molecule has 45 heteroatoms. The maximum atomic E-state index is 14.6. The van der Waals surface area contributed by atoms with Crippen molar-refractivity contribution in [2.75, 3.05) is 50.3 Å². The van der Waals surface area contributed by atoms with Crippen molar-refractivity contribution in [3.63, 3.8) is 0 Å². The number of phenolic OH excluding ortho intramolecular Hbond substituents is 1. The topological polar surface area (TPSA) is 712 Å². The van der Waals surface area contributed by atoms with E-state index in [9.17, 15) is 127 Å². The molecule has 0 aromatic heterocycles. The number of aliphatic carboxylic acids is 4. The fourth-order valence-corrected chi connectivity index (χ4v) is 12.5. The van der Waals surface area contributed by atoms with Crippen LogP contribution in [0.15, 0.2) is 54.6 Å². The molecular weight excluding hydrogens is 1630 g/mol. The van der Waals surface area contributed by atoms with Crippen LogP contribution in [-0.2, 0) is 104 Å². The second-order valence-electron chi connectivity index (χ2n) is 28.9. The maximum absolute atomic E-state index is 14.6. The van der Waals surface area contributed by atoms with Gasteiger partial charge >= 0.3 is 23.9 Å². The zero-order valence-electron chi connectivity index (χ0n) is 68.4. The summed E-state index contributed by atoms with van der Waals surface area (Å²) in [5.41, 5.74) is 17.8. The number of primary amides is 1.